The van der Waals surface area contributed by atoms with Gasteiger partial charge in [0.05, 0.1) is 25.6 Å². The molecule has 1 aromatic carbocycles. The maximum absolute atomic E-state index is 4.77. The predicted octanol–water partition coefficient (Wildman–Crippen LogP) is 1.63. The lowest BCUT2D eigenvalue weighted by Crippen LogP contribution is -2.02. The van der Waals surface area contributed by atoms with Gasteiger partial charge in [-0.3, -0.25) is 20.6 Å². The summed E-state index contributed by atoms with van der Waals surface area (Å²) in [5, 5.41) is 0. The van der Waals surface area contributed by atoms with E-state index in [1.165, 1.54) is 0 Å². The first-order valence-corrected chi connectivity index (χ1v) is 3.55. The first-order valence-electron chi connectivity index (χ1n) is 3.55. The number of para-hydroxylation sites is 2. The number of hydrogen-bond acceptors (Lipinski definition) is 4. The lowest BCUT2D eigenvalue weighted by molar-refractivity contribution is 0.263. The van der Waals surface area contributed by atoms with Crippen molar-refractivity contribution in [2.45, 2.75) is 0 Å². The molecule has 0 aliphatic heterocycles. The fourth-order valence-electron chi connectivity index (χ4n) is 0.881. The quantitative estimate of drug-likeness (QED) is 0.670. The second-order valence-electron chi connectivity index (χ2n) is 2.16. The van der Waals surface area contributed by atoms with Crippen LogP contribution in [-0.2, 0) is 9.68 Å². The lowest BCUT2D eigenvalue weighted by Gasteiger charge is -2.09. The smallest absolute Gasteiger partial charge is 0.0858 e. The topological polar surface area (TPSA) is 42.5 Å². The Labute approximate surface area is 71.4 Å². The highest BCUT2D eigenvalue weighted by molar-refractivity contribution is 5.66. The minimum Gasteiger partial charge on any atom is -0.279 e. The van der Waals surface area contributed by atoms with E-state index in [0.717, 1.165) is 11.4 Å². The molecule has 0 spiro atoms. The van der Waals surface area contributed by atoms with Gasteiger partial charge < -0.3 is 0 Å². The van der Waals surface area contributed by atoms with E-state index in [1.54, 1.807) is 14.2 Å². The molecule has 0 fully saturated rings. The van der Waals surface area contributed by atoms with Crippen molar-refractivity contribution in [3.05, 3.63) is 24.3 Å². The molecule has 0 saturated carbocycles. The normalized spacial score (nSPS) is 9.50. The standard InChI is InChI=1S/C8H12N2O2/c1-11-9-7-5-3-4-6-8(7)10-12-2/h3-6,9-10H,1-2H3. The molecule has 0 bridgehead atoms. The Hall–Kier alpha value is -1.26. The lowest BCUT2D eigenvalue weighted by atomic mass is 10.3. The highest BCUT2D eigenvalue weighted by Crippen LogP contribution is 2.20. The zero-order valence-electron chi connectivity index (χ0n) is 7.13. The average molecular weight is 168 g/mol. The van der Waals surface area contributed by atoms with Gasteiger partial charge in [-0.15, -0.1) is 0 Å². The van der Waals surface area contributed by atoms with Crippen molar-refractivity contribution in [1.82, 2.24) is 0 Å². The number of rotatable bonds is 4. The Morgan fingerprint density at radius 1 is 0.917 bits per heavy atom. The van der Waals surface area contributed by atoms with Crippen LogP contribution in [0.3, 0.4) is 0 Å². The Balaban J connectivity index is 2.77. The Morgan fingerprint density at radius 3 is 1.67 bits per heavy atom. The van der Waals surface area contributed by atoms with Gasteiger partial charge in [-0.1, -0.05) is 12.1 Å². The fraction of sp³-hybridized carbons (Fsp3) is 0.250. The largest absolute Gasteiger partial charge is 0.279 e. The fourth-order valence-corrected chi connectivity index (χ4v) is 0.881. The summed E-state index contributed by atoms with van der Waals surface area (Å²) in [5.74, 6) is 0. The van der Waals surface area contributed by atoms with Gasteiger partial charge in [-0.25, -0.2) is 0 Å². The zero-order valence-corrected chi connectivity index (χ0v) is 7.13. The average Bonchev–Trinajstić information content (AvgIpc) is 2.09. The van der Waals surface area contributed by atoms with Crippen LogP contribution >= 0.6 is 0 Å². The number of nitrogens with one attached hydrogen (secondary N) is 2. The van der Waals surface area contributed by atoms with Gasteiger partial charge in [0.2, 0.25) is 0 Å². The summed E-state index contributed by atoms with van der Waals surface area (Å²) in [5.41, 5.74) is 7.11. The van der Waals surface area contributed by atoms with E-state index in [0.29, 0.717) is 0 Å². The summed E-state index contributed by atoms with van der Waals surface area (Å²) < 4.78 is 0. The molecule has 0 atom stereocenters. The molecule has 4 heteroatoms. The van der Waals surface area contributed by atoms with Crippen molar-refractivity contribution in [2.75, 3.05) is 25.2 Å². The van der Waals surface area contributed by atoms with Crippen LogP contribution in [0.25, 0.3) is 0 Å². The van der Waals surface area contributed by atoms with E-state index < -0.39 is 0 Å². The van der Waals surface area contributed by atoms with Crippen LogP contribution in [0, 0.1) is 0 Å². The van der Waals surface area contributed by atoms with Crippen molar-refractivity contribution in [2.24, 2.45) is 0 Å². The van der Waals surface area contributed by atoms with E-state index in [2.05, 4.69) is 11.0 Å². The summed E-state index contributed by atoms with van der Waals surface area (Å²) in [4.78, 5) is 9.54. The summed E-state index contributed by atoms with van der Waals surface area (Å²) in [7, 11) is 3.12. The number of hydrogen-bond donors (Lipinski definition) is 2. The third-order valence-corrected chi connectivity index (χ3v) is 1.35. The third kappa shape index (κ3) is 2.11. The molecule has 0 radical (unpaired) electrons. The second-order valence-corrected chi connectivity index (χ2v) is 2.16. The van der Waals surface area contributed by atoms with Crippen molar-refractivity contribution < 1.29 is 9.68 Å². The Morgan fingerprint density at radius 2 is 1.33 bits per heavy atom. The van der Waals surface area contributed by atoms with Crippen LogP contribution in [0.15, 0.2) is 24.3 Å². The Kier molecular flexibility index (Phi) is 3.37. The van der Waals surface area contributed by atoms with E-state index >= 15 is 0 Å². The van der Waals surface area contributed by atoms with Crippen molar-refractivity contribution >= 4 is 11.4 Å². The summed E-state index contributed by atoms with van der Waals surface area (Å²) in [6, 6.07) is 7.57. The van der Waals surface area contributed by atoms with Gasteiger partial charge in [0, 0.05) is 0 Å². The van der Waals surface area contributed by atoms with Gasteiger partial charge >= 0.3 is 0 Å². The molecular formula is C8H12N2O2. The molecule has 4 nitrogen and oxygen atoms in total. The molecule has 0 heterocycles. The second kappa shape index (κ2) is 4.58. The molecule has 1 aromatic rings. The Bertz CT molecular complexity index is 215. The van der Waals surface area contributed by atoms with Gasteiger partial charge in [-0.2, -0.15) is 0 Å². The SMILES string of the molecule is CONc1ccccc1NOC. The van der Waals surface area contributed by atoms with Crippen LogP contribution < -0.4 is 11.0 Å². The third-order valence-electron chi connectivity index (χ3n) is 1.35. The van der Waals surface area contributed by atoms with E-state index in [4.69, 9.17) is 9.68 Å². The van der Waals surface area contributed by atoms with Gasteiger partial charge in [0.15, 0.2) is 0 Å². The first-order chi connectivity index (χ1) is 5.88. The van der Waals surface area contributed by atoms with Crippen molar-refractivity contribution in [1.29, 1.82) is 0 Å². The summed E-state index contributed by atoms with van der Waals surface area (Å²) >= 11 is 0. The molecule has 0 amide bonds. The summed E-state index contributed by atoms with van der Waals surface area (Å²) in [6.45, 7) is 0. The zero-order chi connectivity index (χ0) is 8.81. The molecule has 0 aliphatic rings. The number of benzene rings is 1. The molecule has 0 aliphatic carbocycles. The van der Waals surface area contributed by atoms with E-state index in [1.807, 2.05) is 24.3 Å². The number of anilines is 2. The van der Waals surface area contributed by atoms with Gasteiger partial charge in [0.25, 0.3) is 0 Å². The maximum atomic E-state index is 4.77. The molecule has 12 heavy (non-hydrogen) atoms. The molecule has 0 unspecified atom stereocenters. The van der Waals surface area contributed by atoms with Crippen LogP contribution in [0.4, 0.5) is 11.4 Å². The molecule has 1 rings (SSSR count). The highest BCUT2D eigenvalue weighted by atomic mass is 16.6. The minimum atomic E-state index is 0.835. The summed E-state index contributed by atoms with van der Waals surface area (Å²) in [6.07, 6.45) is 0. The van der Waals surface area contributed by atoms with Crippen molar-refractivity contribution in [3.63, 3.8) is 0 Å². The van der Waals surface area contributed by atoms with Crippen LogP contribution in [0.5, 0.6) is 0 Å². The highest BCUT2D eigenvalue weighted by Gasteiger charge is 1.97. The predicted molar refractivity (Wildman–Crippen MR) is 47.7 cm³/mol. The minimum absolute atomic E-state index is 0.835. The molecule has 2 N–H and O–H groups in total. The van der Waals surface area contributed by atoms with Gasteiger partial charge in [0.1, 0.15) is 0 Å². The first kappa shape index (κ1) is 8.83. The maximum Gasteiger partial charge on any atom is 0.0858 e. The monoisotopic (exact) mass is 168 g/mol. The molecular weight excluding hydrogens is 156 g/mol. The van der Waals surface area contributed by atoms with Gasteiger partial charge in [-0.05, 0) is 12.1 Å². The van der Waals surface area contributed by atoms with Crippen molar-refractivity contribution in [3.8, 4) is 0 Å². The molecule has 0 aromatic heterocycles. The van der Waals surface area contributed by atoms with E-state index in [-0.39, 0.29) is 0 Å². The van der Waals surface area contributed by atoms with Crippen LogP contribution in [-0.4, -0.2) is 14.2 Å². The molecule has 0 saturated heterocycles. The van der Waals surface area contributed by atoms with Crippen LogP contribution in [0.1, 0.15) is 0 Å². The molecule has 66 valence electrons. The van der Waals surface area contributed by atoms with E-state index in [9.17, 15) is 0 Å². The van der Waals surface area contributed by atoms with Crippen LogP contribution in [0.2, 0.25) is 0 Å².